The second kappa shape index (κ2) is 8.72. The first-order valence-electron chi connectivity index (χ1n) is 10.6. The van der Waals surface area contributed by atoms with Crippen molar-refractivity contribution < 1.29 is 14.9 Å². The number of benzene rings is 3. The molecule has 2 heterocycles. The molecule has 2 N–H and O–H groups in total. The summed E-state index contributed by atoms with van der Waals surface area (Å²) in [5, 5.41) is 21.0. The fraction of sp³-hybridized carbons (Fsp3) is 0.115. The molecular weight excluding hydrogens is 416 g/mol. The molecule has 0 spiro atoms. The van der Waals surface area contributed by atoms with Crippen molar-refractivity contribution in [3.8, 4) is 17.3 Å². The molecule has 0 fully saturated rings. The summed E-state index contributed by atoms with van der Waals surface area (Å²) >= 11 is 0. The minimum atomic E-state index is -0.108. The van der Waals surface area contributed by atoms with Crippen molar-refractivity contribution in [3.05, 3.63) is 90.0 Å². The zero-order valence-corrected chi connectivity index (χ0v) is 18.0. The van der Waals surface area contributed by atoms with Gasteiger partial charge < -0.3 is 14.9 Å². The summed E-state index contributed by atoms with van der Waals surface area (Å²) in [5.41, 5.74) is 5.02. The first-order chi connectivity index (χ1) is 16.2. The number of fused-ring (bicyclic) bond motifs is 2. The number of aromatic hydroxyl groups is 1. The van der Waals surface area contributed by atoms with Gasteiger partial charge in [0.25, 0.3) is 0 Å². The smallest absolute Gasteiger partial charge is 0.209 e. The van der Waals surface area contributed by atoms with E-state index >= 15 is 0 Å². The zero-order valence-electron chi connectivity index (χ0n) is 18.0. The Labute approximate surface area is 190 Å². The molecule has 3 aromatic carbocycles. The summed E-state index contributed by atoms with van der Waals surface area (Å²) in [6, 6.07) is 24.5. The third-order valence-corrected chi connectivity index (χ3v) is 5.42. The molecular formula is C26H22N4O3. The van der Waals surface area contributed by atoms with Crippen LogP contribution in [0.25, 0.3) is 27.9 Å². The van der Waals surface area contributed by atoms with Crippen LogP contribution in [0.3, 0.4) is 0 Å². The average molecular weight is 438 g/mol. The van der Waals surface area contributed by atoms with E-state index in [0.29, 0.717) is 39.4 Å². The summed E-state index contributed by atoms with van der Waals surface area (Å²) in [6.07, 6.45) is 0. The third kappa shape index (κ3) is 3.68. The second-order valence-corrected chi connectivity index (χ2v) is 7.44. The van der Waals surface area contributed by atoms with E-state index in [2.05, 4.69) is 4.99 Å². The summed E-state index contributed by atoms with van der Waals surface area (Å²) in [4.78, 5) is 14.3. The lowest BCUT2D eigenvalue weighted by molar-refractivity contribution is 0.307. The van der Waals surface area contributed by atoms with Crippen molar-refractivity contribution in [1.82, 2.24) is 14.5 Å². The van der Waals surface area contributed by atoms with Gasteiger partial charge in [0.1, 0.15) is 11.3 Å². The fourth-order valence-electron chi connectivity index (χ4n) is 3.90. The Balaban J connectivity index is 1.86. The molecule has 0 aliphatic heterocycles. The van der Waals surface area contributed by atoms with Crippen LogP contribution in [0.1, 0.15) is 11.1 Å². The molecule has 33 heavy (non-hydrogen) atoms. The molecule has 5 rings (SSSR count). The van der Waals surface area contributed by atoms with Crippen molar-refractivity contribution >= 4 is 27.9 Å². The van der Waals surface area contributed by atoms with Gasteiger partial charge in [-0.3, -0.25) is 9.56 Å². The van der Waals surface area contributed by atoms with Gasteiger partial charge in [-0.1, -0.05) is 42.5 Å². The van der Waals surface area contributed by atoms with Crippen LogP contribution >= 0.6 is 0 Å². The van der Waals surface area contributed by atoms with Crippen molar-refractivity contribution in [1.29, 1.82) is 0 Å². The van der Waals surface area contributed by atoms with Gasteiger partial charge in [-0.05, 0) is 36.4 Å². The fourth-order valence-corrected chi connectivity index (χ4v) is 3.90. The number of aliphatic hydroxyl groups is 1. The molecule has 0 amide bonds. The van der Waals surface area contributed by atoms with E-state index < -0.39 is 0 Å². The Morgan fingerprint density at radius 2 is 1.58 bits per heavy atom. The molecule has 0 radical (unpaired) electrons. The number of hydrogen-bond acceptors (Lipinski definition) is 6. The monoisotopic (exact) mass is 438 g/mol. The molecule has 0 aliphatic carbocycles. The van der Waals surface area contributed by atoms with E-state index in [9.17, 15) is 10.2 Å². The van der Waals surface area contributed by atoms with Gasteiger partial charge in [0.15, 0.2) is 5.65 Å². The standard InChI is InChI=1S/C26H22N4O3/c1-33-19-13-11-18(12-14-19)30-25-24(28-20-9-5-6-10-21(20)29-25)22(26(30)32)23(27-15-16-31)17-7-3-2-4-8-17/h2-14,31-32H,15-16H2,1H3. The Hall–Kier alpha value is -4.23. The maximum atomic E-state index is 11.5. The minimum absolute atomic E-state index is 0.0222. The highest BCUT2D eigenvalue weighted by Crippen LogP contribution is 2.35. The largest absolute Gasteiger partial charge is 0.497 e. The molecule has 0 saturated heterocycles. The van der Waals surface area contributed by atoms with Gasteiger partial charge in [-0.25, -0.2) is 9.97 Å². The van der Waals surface area contributed by atoms with Crippen LogP contribution < -0.4 is 4.74 Å². The first-order valence-corrected chi connectivity index (χ1v) is 10.6. The van der Waals surface area contributed by atoms with E-state index in [1.54, 1.807) is 11.7 Å². The highest BCUT2D eigenvalue weighted by molar-refractivity contribution is 6.20. The number of methoxy groups -OCH3 is 1. The molecule has 0 saturated carbocycles. The molecule has 164 valence electrons. The number of aromatic nitrogens is 3. The number of aliphatic hydroxyl groups excluding tert-OH is 1. The summed E-state index contributed by atoms with van der Waals surface area (Å²) in [7, 11) is 1.61. The van der Waals surface area contributed by atoms with Crippen LogP contribution in [0.2, 0.25) is 0 Å². The summed E-state index contributed by atoms with van der Waals surface area (Å²) in [5.74, 6) is 0.687. The van der Waals surface area contributed by atoms with Crippen LogP contribution in [0.4, 0.5) is 0 Å². The molecule has 7 heteroatoms. The number of hydrogen-bond donors (Lipinski definition) is 2. The average Bonchev–Trinajstić information content (AvgIpc) is 3.14. The molecule has 0 unspecified atom stereocenters. The Bertz CT molecular complexity index is 1460. The lowest BCUT2D eigenvalue weighted by Crippen LogP contribution is -2.06. The maximum absolute atomic E-state index is 11.5. The quantitative estimate of drug-likeness (QED) is 0.389. The predicted molar refractivity (Wildman–Crippen MR) is 129 cm³/mol. The van der Waals surface area contributed by atoms with Gasteiger partial charge in [-0.2, -0.15) is 0 Å². The van der Waals surface area contributed by atoms with E-state index in [1.807, 2.05) is 78.9 Å². The highest BCUT2D eigenvalue weighted by Gasteiger charge is 2.25. The van der Waals surface area contributed by atoms with Gasteiger partial charge in [0.2, 0.25) is 5.88 Å². The lowest BCUT2D eigenvalue weighted by Gasteiger charge is -2.09. The Kier molecular flexibility index (Phi) is 5.46. The van der Waals surface area contributed by atoms with E-state index in [0.717, 1.165) is 11.1 Å². The SMILES string of the molecule is COc1ccc(-n2c(O)c(C(=NCCO)c3ccccc3)c3nc4ccccc4nc32)cc1. The lowest BCUT2D eigenvalue weighted by atomic mass is 10.0. The van der Waals surface area contributed by atoms with Crippen molar-refractivity contribution in [2.75, 3.05) is 20.3 Å². The highest BCUT2D eigenvalue weighted by atomic mass is 16.5. The topological polar surface area (TPSA) is 92.8 Å². The van der Waals surface area contributed by atoms with Gasteiger partial charge in [-0.15, -0.1) is 0 Å². The third-order valence-electron chi connectivity index (χ3n) is 5.42. The van der Waals surface area contributed by atoms with Crippen molar-refractivity contribution in [3.63, 3.8) is 0 Å². The molecule has 0 bridgehead atoms. The minimum Gasteiger partial charge on any atom is -0.497 e. The normalized spacial score (nSPS) is 11.9. The van der Waals surface area contributed by atoms with E-state index in [1.165, 1.54) is 0 Å². The van der Waals surface area contributed by atoms with E-state index in [4.69, 9.17) is 14.7 Å². The van der Waals surface area contributed by atoms with Crippen LogP contribution in [0, 0.1) is 0 Å². The van der Waals surface area contributed by atoms with Gasteiger partial charge >= 0.3 is 0 Å². The first kappa shape index (κ1) is 20.7. The molecule has 2 aromatic heterocycles. The summed E-state index contributed by atoms with van der Waals surface area (Å²) in [6.45, 7) is 0.0860. The Morgan fingerprint density at radius 3 is 2.24 bits per heavy atom. The molecule has 0 aliphatic rings. The number of ether oxygens (including phenoxy) is 1. The van der Waals surface area contributed by atoms with E-state index in [-0.39, 0.29) is 19.0 Å². The van der Waals surface area contributed by atoms with Crippen LogP contribution in [-0.4, -0.2) is 50.7 Å². The van der Waals surface area contributed by atoms with Gasteiger partial charge in [0.05, 0.1) is 48.3 Å². The summed E-state index contributed by atoms with van der Waals surface area (Å²) < 4.78 is 6.95. The second-order valence-electron chi connectivity index (χ2n) is 7.44. The van der Waals surface area contributed by atoms with Crippen molar-refractivity contribution in [2.45, 2.75) is 0 Å². The molecule has 0 atom stereocenters. The molecule has 7 nitrogen and oxygen atoms in total. The number of nitrogens with zero attached hydrogens (tertiary/aromatic N) is 4. The zero-order chi connectivity index (χ0) is 22.8. The van der Waals surface area contributed by atoms with Crippen LogP contribution in [-0.2, 0) is 0 Å². The number of para-hydroxylation sites is 2. The number of aliphatic imine (C=N–C) groups is 1. The number of rotatable bonds is 6. The Morgan fingerprint density at radius 1 is 0.909 bits per heavy atom. The van der Waals surface area contributed by atoms with Crippen LogP contribution in [0.15, 0.2) is 83.9 Å². The molecule has 5 aromatic rings. The van der Waals surface area contributed by atoms with Crippen molar-refractivity contribution in [2.24, 2.45) is 4.99 Å². The maximum Gasteiger partial charge on any atom is 0.209 e. The van der Waals surface area contributed by atoms with Crippen LogP contribution in [0.5, 0.6) is 11.6 Å². The van der Waals surface area contributed by atoms with Gasteiger partial charge in [0, 0.05) is 5.56 Å². The predicted octanol–water partition coefficient (Wildman–Crippen LogP) is 4.12.